The fourth-order valence-electron chi connectivity index (χ4n) is 1.79. The lowest BCUT2D eigenvalue weighted by atomic mass is 10.2. The Morgan fingerprint density at radius 2 is 1.77 bits per heavy atom. The predicted octanol–water partition coefficient (Wildman–Crippen LogP) is 3.66. The molecule has 1 amide bonds. The molecule has 22 heavy (non-hydrogen) atoms. The van der Waals surface area contributed by atoms with E-state index in [1.807, 2.05) is 0 Å². The largest absolute Gasteiger partial charge is 0.482 e. The maximum absolute atomic E-state index is 12.9. The highest BCUT2D eigenvalue weighted by molar-refractivity contribution is 6.32. The second-order valence-electron chi connectivity index (χ2n) is 4.74. The van der Waals surface area contributed by atoms with Gasteiger partial charge in [-0.3, -0.25) is 4.79 Å². The summed E-state index contributed by atoms with van der Waals surface area (Å²) >= 11 is 5.81. The van der Waals surface area contributed by atoms with Crippen LogP contribution in [0.1, 0.15) is 5.56 Å². The van der Waals surface area contributed by atoms with Crippen LogP contribution in [0.2, 0.25) is 5.02 Å². The highest BCUT2D eigenvalue weighted by atomic mass is 35.5. The molecule has 2 rings (SSSR count). The third kappa shape index (κ3) is 4.43. The van der Waals surface area contributed by atoms with Gasteiger partial charge >= 0.3 is 0 Å². The molecule has 116 valence electrons. The fraction of sp³-hybridized carbons (Fsp3) is 0.188. The quantitative estimate of drug-likeness (QED) is 0.839. The molecule has 2 aromatic rings. The molecule has 0 aliphatic heterocycles. The molecule has 0 fully saturated rings. The summed E-state index contributed by atoms with van der Waals surface area (Å²) in [4.78, 5) is 13.4. The summed E-state index contributed by atoms with van der Waals surface area (Å²) in [6, 6.07) is 9.57. The molecule has 0 bridgehead atoms. The molecule has 3 nitrogen and oxygen atoms in total. The van der Waals surface area contributed by atoms with Gasteiger partial charge in [-0.1, -0.05) is 23.7 Å². The van der Waals surface area contributed by atoms with E-state index in [-0.39, 0.29) is 29.1 Å². The molecule has 0 N–H and O–H groups in total. The van der Waals surface area contributed by atoms with Crippen molar-refractivity contribution in [3.05, 3.63) is 64.7 Å². The topological polar surface area (TPSA) is 29.5 Å². The van der Waals surface area contributed by atoms with E-state index >= 15 is 0 Å². The van der Waals surface area contributed by atoms with Crippen molar-refractivity contribution < 1.29 is 18.3 Å². The molecule has 0 saturated carbocycles. The Kier molecular flexibility index (Phi) is 5.33. The van der Waals surface area contributed by atoms with Crippen LogP contribution in [0.25, 0.3) is 0 Å². The highest BCUT2D eigenvalue weighted by Crippen LogP contribution is 2.24. The van der Waals surface area contributed by atoms with Crippen LogP contribution < -0.4 is 4.74 Å². The summed E-state index contributed by atoms with van der Waals surface area (Å²) in [7, 11) is 1.61. The summed E-state index contributed by atoms with van der Waals surface area (Å²) in [6.07, 6.45) is 0. The van der Waals surface area contributed by atoms with Crippen molar-refractivity contribution in [2.75, 3.05) is 13.7 Å². The van der Waals surface area contributed by atoms with Crippen LogP contribution in [0.3, 0.4) is 0 Å². The number of halogens is 3. The van der Waals surface area contributed by atoms with Gasteiger partial charge in [0.15, 0.2) is 6.61 Å². The van der Waals surface area contributed by atoms with Gasteiger partial charge in [-0.15, -0.1) is 0 Å². The minimum absolute atomic E-state index is 0.106. The lowest BCUT2D eigenvalue weighted by Crippen LogP contribution is -2.31. The zero-order chi connectivity index (χ0) is 16.1. The molecule has 0 spiro atoms. The summed E-state index contributed by atoms with van der Waals surface area (Å²) in [5, 5.41) is 0.106. The van der Waals surface area contributed by atoms with Crippen molar-refractivity contribution >= 4 is 17.5 Å². The van der Waals surface area contributed by atoms with Gasteiger partial charge in [0.25, 0.3) is 5.91 Å². The van der Waals surface area contributed by atoms with Crippen LogP contribution in [-0.2, 0) is 11.3 Å². The lowest BCUT2D eigenvalue weighted by Gasteiger charge is -2.18. The third-order valence-electron chi connectivity index (χ3n) is 3.00. The first-order valence-electron chi connectivity index (χ1n) is 6.52. The van der Waals surface area contributed by atoms with Crippen LogP contribution in [-0.4, -0.2) is 24.5 Å². The molecule has 0 unspecified atom stereocenters. The number of rotatable bonds is 5. The zero-order valence-electron chi connectivity index (χ0n) is 11.9. The second kappa shape index (κ2) is 7.22. The predicted molar refractivity (Wildman–Crippen MR) is 79.8 cm³/mol. The molecule has 0 heterocycles. The Labute approximate surface area is 132 Å². The van der Waals surface area contributed by atoms with Crippen LogP contribution in [0.4, 0.5) is 8.78 Å². The average molecular weight is 326 g/mol. The standard InChI is InChI=1S/C16H14ClF2NO2/c1-20(9-11-2-4-12(18)5-3-11)16(21)10-22-15-7-6-13(19)8-14(15)17/h2-8H,9-10H2,1H3. The van der Waals surface area contributed by atoms with E-state index in [1.165, 1.54) is 29.2 Å². The number of hydrogen-bond acceptors (Lipinski definition) is 2. The molecule has 2 aromatic carbocycles. The SMILES string of the molecule is CN(Cc1ccc(F)cc1)C(=O)COc1ccc(F)cc1Cl. The number of likely N-dealkylation sites (N-methyl/N-ethyl adjacent to an activating group) is 1. The monoisotopic (exact) mass is 325 g/mol. The summed E-state index contributed by atoms with van der Waals surface area (Å²) in [5.41, 5.74) is 0.803. The van der Waals surface area contributed by atoms with Gasteiger partial charge in [-0.25, -0.2) is 8.78 Å². The molecule has 0 aliphatic rings. The van der Waals surface area contributed by atoms with Crippen LogP contribution >= 0.6 is 11.6 Å². The number of benzene rings is 2. The van der Waals surface area contributed by atoms with Crippen LogP contribution in [0, 0.1) is 11.6 Å². The van der Waals surface area contributed by atoms with Crippen LogP contribution in [0.5, 0.6) is 5.75 Å². The maximum Gasteiger partial charge on any atom is 0.260 e. The van der Waals surface area contributed by atoms with E-state index in [2.05, 4.69) is 0 Å². The first-order valence-corrected chi connectivity index (χ1v) is 6.90. The Balaban J connectivity index is 1.89. The number of carbonyl (C=O) groups is 1. The van der Waals surface area contributed by atoms with Gasteiger partial charge in [-0.2, -0.15) is 0 Å². The van der Waals surface area contributed by atoms with E-state index in [0.717, 1.165) is 11.6 Å². The van der Waals surface area contributed by atoms with Gasteiger partial charge in [-0.05, 0) is 35.9 Å². The zero-order valence-corrected chi connectivity index (χ0v) is 12.6. The van der Waals surface area contributed by atoms with E-state index < -0.39 is 5.82 Å². The fourth-order valence-corrected chi connectivity index (χ4v) is 2.02. The Bertz CT molecular complexity index is 662. The smallest absolute Gasteiger partial charge is 0.260 e. The van der Waals surface area contributed by atoms with Gasteiger partial charge in [0, 0.05) is 13.6 Å². The Morgan fingerprint density at radius 3 is 2.41 bits per heavy atom. The number of nitrogens with zero attached hydrogens (tertiary/aromatic N) is 1. The number of amides is 1. The molecule has 0 aromatic heterocycles. The molecule has 0 saturated heterocycles. The van der Waals surface area contributed by atoms with Crippen LogP contribution in [0.15, 0.2) is 42.5 Å². The van der Waals surface area contributed by atoms with Gasteiger partial charge < -0.3 is 9.64 Å². The first-order chi connectivity index (χ1) is 10.5. The molecule has 0 atom stereocenters. The third-order valence-corrected chi connectivity index (χ3v) is 3.30. The number of ether oxygens (including phenoxy) is 1. The van der Waals surface area contributed by atoms with Gasteiger partial charge in [0.1, 0.15) is 17.4 Å². The summed E-state index contributed by atoms with van der Waals surface area (Å²) in [6.45, 7) is 0.114. The second-order valence-corrected chi connectivity index (χ2v) is 5.15. The van der Waals surface area contributed by atoms with Crippen molar-refractivity contribution in [1.29, 1.82) is 0 Å². The minimum Gasteiger partial charge on any atom is -0.482 e. The summed E-state index contributed by atoms with van der Waals surface area (Å²) in [5.74, 6) is -0.833. The Hall–Kier alpha value is -2.14. The van der Waals surface area contributed by atoms with Crippen molar-refractivity contribution in [2.45, 2.75) is 6.54 Å². The molecular formula is C16H14ClF2NO2. The van der Waals surface area contributed by atoms with Crippen molar-refractivity contribution in [2.24, 2.45) is 0 Å². The van der Waals surface area contributed by atoms with Crippen molar-refractivity contribution in [3.8, 4) is 5.75 Å². The molecule has 6 heteroatoms. The minimum atomic E-state index is -0.475. The number of carbonyl (C=O) groups excluding carboxylic acids is 1. The van der Waals surface area contributed by atoms with Gasteiger partial charge in [0.2, 0.25) is 0 Å². The summed E-state index contributed by atoms with van der Waals surface area (Å²) < 4.78 is 31.0. The molecular weight excluding hydrogens is 312 g/mol. The first kappa shape index (κ1) is 16.2. The maximum atomic E-state index is 12.9. The number of hydrogen-bond donors (Lipinski definition) is 0. The van der Waals surface area contributed by atoms with E-state index in [0.29, 0.717) is 6.54 Å². The Morgan fingerprint density at radius 1 is 1.14 bits per heavy atom. The van der Waals surface area contributed by atoms with E-state index in [4.69, 9.17) is 16.3 Å². The van der Waals surface area contributed by atoms with E-state index in [1.54, 1.807) is 19.2 Å². The van der Waals surface area contributed by atoms with Gasteiger partial charge in [0.05, 0.1) is 5.02 Å². The lowest BCUT2D eigenvalue weighted by molar-refractivity contribution is -0.132. The highest BCUT2D eigenvalue weighted by Gasteiger charge is 2.12. The molecule has 0 radical (unpaired) electrons. The molecule has 0 aliphatic carbocycles. The van der Waals surface area contributed by atoms with Crippen molar-refractivity contribution in [3.63, 3.8) is 0 Å². The normalized spacial score (nSPS) is 10.4. The van der Waals surface area contributed by atoms with Crippen molar-refractivity contribution in [1.82, 2.24) is 4.90 Å². The average Bonchev–Trinajstić information content (AvgIpc) is 2.48. The van der Waals surface area contributed by atoms with E-state index in [9.17, 15) is 13.6 Å².